The molecule has 1 saturated heterocycles. The van der Waals surface area contributed by atoms with Crippen LogP contribution in [0.2, 0.25) is 0 Å². The molecule has 2 atom stereocenters. The number of hydrogen-bond acceptors (Lipinski definition) is 6. The average molecular weight is 267 g/mol. The molecule has 1 heterocycles. The molecule has 0 aromatic carbocycles. The molecule has 1 aliphatic rings. The van der Waals surface area contributed by atoms with Gasteiger partial charge in [0.25, 0.3) is 0 Å². The highest BCUT2D eigenvalue weighted by molar-refractivity contribution is 7.90. The molecule has 100 valence electrons. The second-order valence-electron chi connectivity index (χ2n) is 4.02. The Bertz CT molecular complexity index is 381. The fourth-order valence-electron chi connectivity index (χ4n) is 1.50. The maximum absolute atomic E-state index is 11.4. The smallest absolute Gasteiger partial charge is 0.322 e. The summed E-state index contributed by atoms with van der Waals surface area (Å²) in [6, 6.07) is 0. The van der Waals surface area contributed by atoms with Crippen molar-refractivity contribution in [3.8, 4) is 0 Å². The first-order valence-electron chi connectivity index (χ1n) is 5.17. The third-order valence-electron chi connectivity index (χ3n) is 2.79. The van der Waals surface area contributed by atoms with Crippen LogP contribution in [0.1, 0.15) is 13.3 Å². The van der Waals surface area contributed by atoms with Crippen molar-refractivity contribution < 1.29 is 27.8 Å². The van der Waals surface area contributed by atoms with E-state index in [1.165, 1.54) is 0 Å². The summed E-state index contributed by atoms with van der Waals surface area (Å²) in [7, 11) is -2.67. The van der Waals surface area contributed by atoms with Gasteiger partial charge in [0.15, 0.2) is 5.75 Å². The van der Waals surface area contributed by atoms with Crippen LogP contribution in [0.3, 0.4) is 0 Å². The lowest BCUT2D eigenvalue weighted by Gasteiger charge is -2.25. The second-order valence-corrected chi connectivity index (χ2v) is 5.83. The summed E-state index contributed by atoms with van der Waals surface area (Å²) in [5.41, 5.74) is -1.22. The highest BCUT2D eigenvalue weighted by atomic mass is 32.2. The van der Waals surface area contributed by atoms with Crippen molar-refractivity contribution in [2.75, 3.05) is 26.0 Å². The van der Waals surface area contributed by atoms with E-state index >= 15 is 0 Å². The highest BCUT2D eigenvalue weighted by Gasteiger charge is 2.40. The summed E-state index contributed by atoms with van der Waals surface area (Å²) >= 11 is 0. The Balaban J connectivity index is 2.52. The molecular formula is C9H17NO6S. The number of carbonyl (C=O) groups excluding carboxylic acids is 1. The van der Waals surface area contributed by atoms with Crippen molar-refractivity contribution in [1.29, 1.82) is 0 Å². The van der Waals surface area contributed by atoms with E-state index in [0.29, 0.717) is 13.0 Å². The van der Waals surface area contributed by atoms with Crippen LogP contribution in [0.4, 0.5) is 0 Å². The van der Waals surface area contributed by atoms with Crippen LogP contribution in [0.15, 0.2) is 0 Å². The molecule has 1 rings (SSSR count). The van der Waals surface area contributed by atoms with Crippen LogP contribution in [0.5, 0.6) is 0 Å². The molecule has 2 unspecified atom stereocenters. The van der Waals surface area contributed by atoms with Crippen LogP contribution in [-0.2, 0) is 24.3 Å². The van der Waals surface area contributed by atoms with E-state index in [2.05, 4.69) is 9.46 Å². The molecule has 7 nitrogen and oxygen atoms in total. The quantitative estimate of drug-likeness (QED) is 0.595. The highest BCUT2D eigenvalue weighted by Crippen LogP contribution is 2.24. The molecule has 8 heteroatoms. The lowest BCUT2D eigenvalue weighted by atomic mass is 9.97. The van der Waals surface area contributed by atoms with Gasteiger partial charge in [-0.15, -0.1) is 0 Å². The zero-order valence-electron chi connectivity index (χ0n) is 9.80. The molecule has 0 saturated carbocycles. The van der Waals surface area contributed by atoms with Gasteiger partial charge in [-0.1, -0.05) is 0 Å². The normalized spacial score (nSPS) is 29.2. The Morgan fingerprint density at radius 1 is 1.65 bits per heavy atom. The van der Waals surface area contributed by atoms with Crippen molar-refractivity contribution in [3.05, 3.63) is 0 Å². The van der Waals surface area contributed by atoms with Crippen LogP contribution >= 0.6 is 0 Å². The van der Waals surface area contributed by atoms with Crippen molar-refractivity contribution in [1.82, 2.24) is 4.72 Å². The van der Waals surface area contributed by atoms with Crippen molar-refractivity contribution >= 4 is 16.0 Å². The molecule has 17 heavy (non-hydrogen) atoms. The first-order valence-corrected chi connectivity index (χ1v) is 6.82. The third-order valence-corrected chi connectivity index (χ3v) is 3.99. The minimum absolute atomic E-state index is 0.173. The SMILES string of the molecule is COC(=O)CS(=O)(=O)NCC1(O)CCOC1C. The maximum Gasteiger partial charge on any atom is 0.322 e. The van der Waals surface area contributed by atoms with Gasteiger partial charge in [0.1, 0.15) is 5.60 Å². The standard InChI is InChI=1S/C9H17NO6S/c1-7-9(12,3-4-16-7)6-10-17(13,14)5-8(11)15-2/h7,10,12H,3-6H2,1-2H3. The zero-order chi connectivity index (χ0) is 13.1. The van der Waals surface area contributed by atoms with Crippen LogP contribution < -0.4 is 4.72 Å². The van der Waals surface area contributed by atoms with Crippen LogP contribution in [0.25, 0.3) is 0 Å². The lowest BCUT2D eigenvalue weighted by molar-refractivity contribution is -0.137. The van der Waals surface area contributed by atoms with E-state index < -0.39 is 33.5 Å². The van der Waals surface area contributed by atoms with E-state index in [1.54, 1.807) is 6.92 Å². The average Bonchev–Trinajstić information content (AvgIpc) is 2.57. The van der Waals surface area contributed by atoms with E-state index in [-0.39, 0.29) is 6.54 Å². The fourth-order valence-corrected chi connectivity index (χ4v) is 2.50. The van der Waals surface area contributed by atoms with Crippen molar-refractivity contribution in [2.45, 2.75) is 25.0 Å². The minimum atomic E-state index is -3.78. The largest absolute Gasteiger partial charge is 0.468 e. The molecule has 0 aliphatic carbocycles. The topological polar surface area (TPSA) is 102 Å². The van der Waals surface area contributed by atoms with Gasteiger partial charge in [0.2, 0.25) is 10.0 Å². The first kappa shape index (κ1) is 14.4. The molecule has 1 fully saturated rings. The Morgan fingerprint density at radius 2 is 2.29 bits per heavy atom. The van der Waals surface area contributed by atoms with Gasteiger partial charge in [-0.2, -0.15) is 0 Å². The molecule has 0 bridgehead atoms. The number of aliphatic hydroxyl groups is 1. The van der Waals surface area contributed by atoms with E-state index in [4.69, 9.17) is 4.74 Å². The van der Waals surface area contributed by atoms with E-state index in [1.807, 2.05) is 0 Å². The lowest BCUT2D eigenvalue weighted by Crippen LogP contribution is -2.48. The van der Waals surface area contributed by atoms with Gasteiger partial charge in [0, 0.05) is 19.6 Å². The summed E-state index contributed by atoms with van der Waals surface area (Å²) < 4.78 is 34.5. The molecule has 1 aliphatic heterocycles. The predicted molar refractivity (Wildman–Crippen MR) is 58.8 cm³/mol. The summed E-state index contributed by atoms with van der Waals surface area (Å²) in [6.07, 6.45) is -0.0853. The Morgan fingerprint density at radius 3 is 2.76 bits per heavy atom. The molecule has 2 N–H and O–H groups in total. The Hall–Kier alpha value is -0.700. The second kappa shape index (κ2) is 5.30. The number of ether oxygens (including phenoxy) is 2. The number of sulfonamides is 1. The van der Waals surface area contributed by atoms with Gasteiger partial charge in [-0.05, 0) is 6.92 Å². The zero-order valence-corrected chi connectivity index (χ0v) is 10.6. The van der Waals surface area contributed by atoms with Crippen LogP contribution in [0, 0.1) is 0 Å². The summed E-state index contributed by atoms with van der Waals surface area (Å²) in [5.74, 6) is -1.60. The minimum Gasteiger partial charge on any atom is -0.468 e. The number of nitrogens with one attached hydrogen (secondary N) is 1. The molecule has 0 aromatic rings. The molecule has 0 spiro atoms. The van der Waals surface area contributed by atoms with E-state index in [0.717, 1.165) is 7.11 Å². The summed E-state index contributed by atoms with van der Waals surface area (Å²) in [6.45, 7) is 1.88. The number of rotatable bonds is 5. The Labute approximate surface area is 100 Å². The van der Waals surface area contributed by atoms with Crippen LogP contribution in [-0.4, -0.2) is 57.2 Å². The number of methoxy groups -OCH3 is 1. The molecule has 0 radical (unpaired) electrons. The Kier molecular flexibility index (Phi) is 4.48. The number of esters is 1. The van der Waals surface area contributed by atoms with Gasteiger partial charge in [-0.3, -0.25) is 4.79 Å². The maximum atomic E-state index is 11.4. The number of hydrogen-bond donors (Lipinski definition) is 2. The van der Waals surface area contributed by atoms with Gasteiger partial charge in [0.05, 0.1) is 13.2 Å². The van der Waals surface area contributed by atoms with Gasteiger partial charge >= 0.3 is 5.97 Å². The first-order chi connectivity index (χ1) is 7.79. The summed E-state index contributed by atoms with van der Waals surface area (Å²) in [4.78, 5) is 10.8. The van der Waals surface area contributed by atoms with Gasteiger partial charge in [-0.25, -0.2) is 13.1 Å². The third kappa shape index (κ3) is 3.91. The van der Waals surface area contributed by atoms with E-state index in [9.17, 15) is 18.3 Å². The van der Waals surface area contributed by atoms with Gasteiger partial charge < -0.3 is 14.6 Å². The summed E-state index contributed by atoms with van der Waals surface area (Å²) in [5, 5.41) is 10.0. The predicted octanol–water partition coefficient (Wildman–Crippen LogP) is -1.38. The molecular weight excluding hydrogens is 250 g/mol. The fraction of sp³-hybridized carbons (Fsp3) is 0.889. The molecule has 0 aromatic heterocycles. The van der Waals surface area contributed by atoms with Crippen molar-refractivity contribution in [3.63, 3.8) is 0 Å². The molecule has 0 amide bonds. The van der Waals surface area contributed by atoms with Crippen molar-refractivity contribution in [2.24, 2.45) is 0 Å². The monoisotopic (exact) mass is 267 g/mol. The number of carbonyl (C=O) groups is 1.